The summed E-state index contributed by atoms with van der Waals surface area (Å²) in [7, 11) is 0. The van der Waals surface area contributed by atoms with Crippen LogP contribution in [0.25, 0.3) is 0 Å². The molecule has 5 nitrogen and oxygen atoms in total. The molecule has 7 heteroatoms. The number of carbonyl (C=O) groups excluding carboxylic acids is 1. The minimum absolute atomic E-state index is 0.0785. The molecule has 0 saturated heterocycles. The van der Waals surface area contributed by atoms with Gasteiger partial charge in [-0.2, -0.15) is 0 Å². The predicted octanol–water partition coefficient (Wildman–Crippen LogP) is 5.24. The zero-order valence-corrected chi connectivity index (χ0v) is 14.6. The molecule has 1 heterocycles. The van der Waals surface area contributed by atoms with Crippen LogP contribution >= 0.6 is 23.1 Å². The van der Waals surface area contributed by atoms with Crippen molar-refractivity contribution in [1.82, 2.24) is 0 Å². The van der Waals surface area contributed by atoms with Gasteiger partial charge in [-0.3, -0.25) is 5.32 Å². The van der Waals surface area contributed by atoms with Crippen molar-refractivity contribution in [3.63, 3.8) is 0 Å². The van der Waals surface area contributed by atoms with E-state index in [1.54, 1.807) is 29.3 Å². The highest BCUT2D eigenvalue weighted by molar-refractivity contribution is 7.99. The first-order valence-electron chi connectivity index (χ1n) is 7.33. The average molecular weight is 370 g/mol. The van der Waals surface area contributed by atoms with Gasteiger partial charge in [-0.1, -0.05) is 30.0 Å². The van der Waals surface area contributed by atoms with Gasteiger partial charge in [0, 0.05) is 15.5 Å². The fourth-order valence-corrected chi connectivity index (χ4v) is 3.68. The van der Waals surface area contributed by atoms with E-state index in [1.807, 2.05) is 42.5 Å². The Hall–Kier alpha value is -2.77. The number of nitrogens with one attached hydrogen (secondary N) is 2. The second-order valence-electron chi connectivity index (χ2n) is 4.99. The first-order valence-corrected chi connectivity index (χ1v) is 9.03. The normalized spacial score (nSPS) is 10.2. The van der Waals surface area contributed by atoms with E-state index in [2.05, 4.69) is 10.6 Å². The van der Waals surface area contributed by atoms with Crippen molar-refractivity contribution >= 4 is 45.8 Å². The number of urea groups is 1. The Kier molecular flexibility index (Phi) is 5.37. The van der Waals surface area contributed by atoms with Gasteiger partial charge in [0.2, 0.25) is 0 Å². The number of amides is 2. The number of thiophene rings is 1. The van der Waals surface area contributed by atoms with Gasteiger partial charge in [0.15, 0.2) is 0 Å². The molecule has 0 atom stereocenters. The molecule has 0 saturated carbocycles. The van der Waals surface area contributed by atoms with E-state index in [0.29, 0.717) is 10.7 Å². The number of aromatic carboxylic acids is 1. The van der Waals surface area contributed by atoms with E-state index in [9.17, 15) is 9.59 Å². The first-order chi connectivity index (χ1) is 12.1. The van der Waals surface area contributed by atoms with Crippen LogP contribution in [0.3, 0.4) is 0 Å². The molecule has 3 aromatic rings. The molecule has 3 rings (SSSR count). The number of hydrogen-bond acceptors (Lipinski definition) is 4. The Morgan fingerprint density at radius 2 is 1.56 bits per heavy atom. The Bertz CT molecular complexity index is 877. The van der Waals surface area contributed by atoms with Crippen LogP contribution in [0.4, 0.5) is 15.5 Å². The predicted molar refractivity (Wildman–Crippen MR) is 101 cm³/mol. The molecule has 0 aliphatic carbocycles. The molecule has 0 aliphatic rings. The van der Waals surface area contributed by atoms with Gasteiger partial charge in [-0.15, -0.1) is 11.3 Å². The minimum Gasteiger partial charge on any atom is -0.478 e. The van der Waals surface area contributed by atoms with Gasteiger partial charge < -0.3 is 10.4 Å². The average Bonchev–Trinajstić information content (AvgIpc) is 3.06. The van der Waals surface area contributed by atoms with Crippen LogP contribution in [0, 0.1) is 0 Å². The molecule has 1 aromatic heterocycles. The lowest BCUT2D eigenvalue weighted by Gasteiger charge is -2.08. The van der Waals surface area contributed by atoms with E-state index in [4.69, 9.17) is 5.11 Å². The zero-order chi connectivity index (χ0) is 17.6. The van der Waals surface area contributed by atoms with Crippen molar-refractivity contribution in [2.75, 3.05) is 10.6 Å². The fourth-order valence-electron chi connectivity index (χ4n) is 2.07. The third-order valence-corrected chi connectivity index (χ3v) is 5.06. The van der Waals surface area contributed by atoms with Gasteiger partial charge in [-0.25, -0.2) is 9.59 Å². The van der Waals surface area contributed by atoms with E-state index in [-0.39, 0.29) is 5.56 Å². The Morgan fingerprint density at radius 1 is 0.880 bits per heavy atom. The van der Waals surface area contributed by atoms with Crippen LogP contribution in [-0.4, -0.2) is 17.1 Å². The number of rotatable bonds is 5. The summed E-state index contributed by atoms with van der Waals surface area (Å²) in [6, 6.07) is 18.4. The lowest BCUT2D eigenvalue weighted by molar-refractivity contribution is 0.0698. The summed E-state index contributed by atoms with van der Waals surface area (Å²) in [4.78, 5) is 25.3. The number of carbonyl (C=O) groups is 2. The first kappa shape index (κ1) is 17.1. The van der Waals surface area contributed by atoms with Gasteiger partial charge in [-0.05, 0) is 47.8 Å². The summed E-state index contributed by atoms with van der Waals surface area (Å²) >= 11 is 2.80. The second-order valence-corrected chi connectivity index (χ2v) is 7.05. The van der Waals surface area contributed by atoms with E-state index in [1.165, 1.54) is 6.07 Å². The molecular formula is C18H14N2O3S2. The van der Waals surface area contributed by atoms with Gasteiger partial charge in [0.25, 0.3) is 0 Å². The lowest BCUT2D eigenvalue weighted by Crippen LogP contribution is -2.19. The van der Waals surface area contributed by atoms with Crippen LogP contribution in [0.1, 0.15) is 10.4 Å². The molecule has 0 fully saturated rings. The Morgan fingerprint density at radius 3 is 2.24 bits per heavy atom. The molecule has 2 aromatic carbocycles. The van der Waals surface area contributed by atoms with Crippen molar-refractivity contribution in [3.05, 3.63) is 71.6 Å². The number of carboxylic acid groups (broad SMARTS) is 1. The van der Waals surface area contributed by atoms with Crippen molar-refractivity contribution < 1.29 is 14.7 Å². The Labute approximate surface area is 152 Å². The van der Waals surface area contributed by atoms with Crippen molar-refractivity contribution in [2.45, 2.75) is 9.79 Å². The highest BCUT2D eigenvalue weighted by atomic mass is 32.2. The quantitative estimate of drug-likeness (QED) is 0.574. The summed E-state index contributed by atoms with van der Waals surface area (Å²) in [5.41, 5.74) is 0.707. The minimum atomic E-state index is -1.07. The van der Waals surface area contributed by atoms with E-state index >= 15 is 0 Å². The maximum absolute atomic E-state index is 12.0. The Balaban J connectivity index is 1.60. The largest absolute Gasteiger partial charge is 0.478 e. The topological polar surface area (TPSA) is 78.4 Å². The molecule has 0 aliphatic heterocycles. The van der Waals surface area contributed by atoms with Gasteiger partial charge >= 0.3 is 12.0 Å². The van der Waals surface area contributed by atoms with Crippen LogP contribution < -0.4 is 10.6 Å². The fraction of sp³-hybridized carbons (Fsp3) is 0. The molecule has 0 bridgehead atoms. The smallest absolute Gasteiger partial charge is 0.338 e. The SMILES string of the molecule is O=C(Nc1ccc(Sc2ccccc2)cc1)Nc1sccc1C(=O)O. The zero-order valence-electron chi connectivity index (χ0n) is 12.9. The monoisotopic (exact) mass is 370 g/mol. The number of carboxylic acids is 1. The molecular weight excluding hydrogens is 356 g/mol. The molecule has 0 spiro atoms. The summed E-state index contributed by atoms with van der Waals surface area (Å²) in [5.74, 6) is -1.07. The van der Waals surface area contributed by atoms with Crippen molar-refractivity contribution in [1.29, 1.82) is 0 Å². The van der Waals surface area contributed by atoms with Crippen molar-refractivity contribution in [2.24, 2.45) is 0 Å². The second kappa shape index (κ2) is 7.87. The standard InChI is InChI=1S/C18H14N2O3S2/c21-17(22)15-10-11-24-16(15)20-18(23)19-12-6-8-14(9-7-12)25-13-4-2-1-3-5-13/h1-11H,(H,21,22)(H2,19,20,23). The van der Waals surface area contributed by atoms with Crippen molar-refractivity contribution in [3.8, 4) is 0 Å². The van der Waals surface area contributed by atoms with E-state index < -0.39 is 12.0 Å². The summed E-state index contributed by atoms with van der Waals surface area (Å²) in [5, 5.41) is 16.2. The third kappa shape index (κ3) is 4.62. The maximum atomic E-state index is 12.0. The van der Waals surface area contributed by atoms with E-state index in [0.717, 1.165) is 21.1 Å². The lowest BCUT2D eigenvalue weighted by atomic mass is 10.3. The molecule has 2 amide bonds. The van der Waals surface area contributed by atoms with Gasteiger partial charge in [0.1, 0.15) is 5.00 Å². The number of benzene rings is 2. The van der Waals surface area contributed by atoms with Crippen LogP contribution in [0.2, 0.25) is 0 Å². The van der Waals surface area contributed by atoms with Crippen LogP contribution in [0.5, 0.6) is 0 Å². The van der Waals surface area contributed by atoms with Crippen LogP contribution in [-0.2, 0) is 0 Å². The number of hydrogen-bond donors (Lipinski definition) is 3. The summed E-state index contributed by atoms with van der Waals surface area (Å²) in [6.45, 7) is 0. The summed E-state index contributed by atoms with van der Waals surface area (Å²) < 4.78 is 0. The third-order valence-electron chi connectivity index (χ3n) is 3.21. The molecule has 3 N–H and O–H groups in total. The van der Waals surface area contributed by atoms with Crippen LogP contribution in [0.15, 0.2) is 75.8 Å². The van der Waals surface area contributed by atoms with Gasteiger partial charge in [0.05, 0.1) is 5.56 Å². The highest BCUT2D eigenvalue weighted by Gasteiger charge is 2.13. The molecule has 25 heavy (non-hydrogen) atoms. The molecule has 0 unspecified atom stereocenters. The maximum Gasteiger partial charge on any atom is 0.338 e. The highest BCUT2D eigenvalue weighted by Crippen LogP contribution is 2.28. The molecule has 126 valence electrons. The molecule has 0 radical (unpaired) electrons. The summed E-state index contributed by atoms with van der Waals surface area (Å²) in [6.07, 6.45) is 0. The number of anilines is 2.